The van der Waals surface area contributed by atoms with Crippen LogP contribution in [0.25, 0.3) is 6.08 Å². The van der Waals surface area contributed by atoms with Crippen LogP contribution in [0.4, 0.5) is 0 Å². The molecule has 21 heavy (non-hydrogen) atoms. The second-order valence-electron chi connectivity index (χ2n) is 4.40. The van der Waals surface area contributed by atoms with Gasteiger partial charge < -0.3 is 10.0 Å². The fourth-order valence-electron chi connectivity index (χ4n) is 1.81. The number of carbonyl (C=O) groups excluding carboxylic acids is 1. The van der Waals surface area contributed by atoms with Crippen molar-refractivity contribution >= 4 is 18.0 Å². The monoisotopic (exact) mass is 286 g/mol. The highest BCUT2D eigenvalue weighted by molar-refractivity contribution is 5.98. The smallest absolute Gasteiger partial charge is 0.328 e. The van der Waals surface area contributed by atoms with Crippen molar-refractivity contribution in [3.05, 3.63) is 53.6 Å². The Hall–Kier alpha value is -2.96. The summed E-state index contributed by atoms with van der Waals surface area (Å²) in [4.78, 5) is 28.4. The predicted molar refractivity (Wildman–Crippen MR) is 75.3 cm³/mol. The van der Waals surface area contributed by atoms with Crippen LogP contribution in [0.5, 0.6) is 0 Å². The van der Waals surface area contributed by atoms with Gasteiger partial charge in [0.25, 0.3) is 5.91 Å². The van der Waals surface area contributed by atoms with E-state index in [4.69, 9.17) is 5.11 Å². The number of carbonyl (C=O) groups is 2. The number of H-pyrrole nitrogens is 1. The van der Waals surface area contributed by atoms with Gasteiger partial charge in [-0.3, -0.25) is 14.9 Å². The molecule has 0 unspecified atom stereocenters. The number of aromatic nitrogens is 3. The number of carboxylic acid groups (broad SMARTS) is 1. The minimum atomic E-state index is -1.08. The Morgan fingerprint density at radius 1 is 1.43 bits per heavy atom. The maximum atomic E-state index is 12.4. The molecular formula is C14H14N4O3. The van der Waals surface area contributed by atoms with Crippen LogP contribution in [0.3, 0.4) is 0 Å². The lowest BCUT2D eigenvalue weighted by molar-refractivity contribution is -0.131. The van der Waals surface area contributed by atoms with Crippen molar-refractivity contribution in [1.29, 1.82) is 0 Å². The number of nitrogens with one attached hydrogen (secondary N) is 1. The number of hydrogen-bond acceptors (Lipinski definition) is 4. The Bertz CT molecular complexity index is 665. The zero-order valence-corrected chi connectivity index (χ0v) is 11.4. The van der Waals surface area contributed by atoms with E-state index in [1.54, 1.807) is 25.5 Å². The first-order valence-electron chi connectivity index (χ1n) is 6.16. The molecule has 0 aliphatic heterocycles. The number of amides is 1. The number of aliphatic carboxylic acids is 1. The number of aromatic amines is 1. The van der Waals surface area contributed by atoms with Crippen LogP contribution < -0.4 is 0 Å². The second kappa shape index (κ2) is 6.47. The first-order valence-corrected chi connectivity index (χ1v) is 6.16. The van der Waals surface area contributed by atoms with E-state index in [0.29, 0.717) is 17.7 Å². The van der Waals surface area contributed by atoms with E-state index in [9.17, 15) is 9.59 Å². The Morgan fingerprint density at radius 2 is 2.24 bits per heavy atom. The topological polar surface area (TPSA) is 99.2 Å². The van der Waals surface area contributed by atoms with Crippen molar-refractivity contribution in [2.45, 2.75) is 6.54 Å². The van der Waals surface area contributed by atoms with Gasteiger partial charge in [0.05, 0.1) is 6.20 Å². The fourth-order valence-corrected chi connectivity index (χ4v) is 1.81. The molecule has 2 N–H and O–H groups in total. The van der Waals surface area contributed by atoms with Crippen molar-refractivity contribution < 1.29 is 14.7 Å². The van der Waals surface area contributed by atoms with Crippen molar-refractivity contribution in [3.8, 4) is 0 Å². The highest BCUT2D eigenvalue weighted by Crippen LogP contribution is 2.13. The molecule has 0 aliphatic rings. The maximum absolute atomic E-state index is 12.4. The van der Waals surface area contributed by atoms with Gasteiger partial charge in [0.15, 0.2) is 0 Å². The molecule has 2 rings (SSSR count). The van der Waals surface area contributed by atoms with Crippen molar-refractivity contribution in [2.75, 3.05) is 7.05 Å². The van der Waals surface area contributed by atoms with Gasteiger partial charge in [0.1, 0.15) is 0 Å². The molecule has 2 heterocycles. The van der Waals surface area contributed by atoms with Crippen LogP contribution in [0, 0.1) is 0 Å². The molecule has 108 valence electrons. The van der Waals surface area contributed by atoms with E-state index in [0.717, 1.165) is 11.6 Å². The fraction of sp³-hybridized carbons (Fsp3) is 0.143. The molecule has 7 heteroatoms. The molecule has 0 aromatic carbocycles. The SMILES string of the molecule is CN(Cc1cn[nH]c1)C(=O)c1ccncc1C=CC(=O)O. The summed E-state index contributed by atoms with van der Waals surface area (Å²) >= 11 is 0. The predicted octanol–water partition coefficient (Wildman–Crippen LogP) is 1.17. The number of carboxylic acids is 1. The molecule has 0 radical (unpaired) electrons. The number of hydrogen-bond donors (Lipinski definition) is 2. The zero-order valence-electron chi connectivity index (χ0n) is 11.4. The van der Waals surface area contributed by atoms with Crippen LogP contribution in [-0.2, 0) is 11.3 Å². The van der Waals surface area contributed by atoms with Crippen LogP contribution in [0.2, 0.25) is 0 Å². The highest BCUT2D eigenvalue weighted by atomic mass is 16.4. The van der Waals surface area contributed by atoms with Gasteiger partial charge in [0.2, 0.25) is 0 Å². The van der Waals surface area contributed by atoms with Gasteiger partial charge in [0, 0.05) is 54.9 Å². The molecule has 1 amide bonds. The first kappa shape index (κ1) is 14.4. The van der Waals surface area contributed by atoms with Gasteiger partial charge in [-0.1, -0.05) is 0 Å². The third-order valence-electron chi connectivity index (χ3n) is 2.81. The summed E-state index contributed by atoms with van der Waals surface area (Å²) in [5.74, 6) is -1.30. The van der Waals surface area contributed by atoms with E-state index in [1.807, 2.05) is 0 Å². The molecule has 0 saturated carbocycles. The molecule has 0 fully saturated rings. The summed E-state index contributed by atoms with van der Waals surface area (Å²) in [7, 11) is 1.67. The average Bonchev–Trinajstić information content (AvgIpc) is 2.97. The number of nitrogens with zero attached hydrogens (tertiary/aromatic N) is 3. The molecule has 2 aromatic heterocycles. The molecule has 0 bridgehead atoms. The molecule has 0 spiro atoms. The normalized spacial score (nSPS) is 10.7. The van der Waals surface area contributed by atoms with Gasteiger partial charge in [-0.25, -0.2) is 4.79 Å². The van der Waals surface area contributed by atoms with Crippen molar-refractivity contribution in [3.63, 3.8) is 0 Å². The second-order valence-corrected chi connectivity index (χ2v) is 4.40. The first-order chi connectivity index (χ1) is 10.1. The standard InChI is InChI=1S/C14H14N4O3/c1-18(9-10-6-16-17-7-10)14(21)12-4-5-15-8-11(12)2-3-13(19)20/h2-8H,9H2,1H3,(H,16,17)(H,19,20). The third kappa shape index (κ3) is 3.75. The summed E-state index contributed by atoms with van der Waals surface area (Å²) in [5, 5.41) is 15.2. The van der Waals surface area contributed by atoms with E-state index in [-0.39, 0.29) is 5.91 Å². The molecule has 0 saturated heterocycles. The average molecular weight is 286 g/mol. The molecule has 0 atom stereocenters. The lowest BCUT2D eigenvalue weighted by atomic mass is 10.1. The van der Waals surface area contributed by atoms with E-state index in [2.05, 4.69) is 15.2 Å². The molecule has 2 aromatic rings. The lowest BCUT2D eigenvalue weighted by Gasteiger charge is -2.17. The third-order valence-corrected chi connectivity index (χ3v) is 2.81. The minimum Gasteiger partial charge on any atom is -0.478 e. The van der Waals surface area contributed by atoms with Crippen LogP contribution in [0.15, 0.2) is 36.9 Å². The number of pyridine rings is 1. The van der Waals surface area contributed by atoms with Gasteiger partial charge >= 0.3 is 5.97 Å². The number of rotatable bonds is 5. The molecule has 0 aliphatic carbocycles. The van der Waals surface area contributed by atoms with Crippen LogP contribution >= 0.6 is 0 Å². The Labute approximate surface area is 120 Å². The molecule has 7 nitrogen and oxygen atoms in total. The van der Waals surface area contributed by atoms with Gasteiger partial charge in [-0.15, -0.1) is 0 Å². The largest absolute Gasteiger partial charge is 0.478 e. The quantitative estimate of drug-likeness (QED) is 0.804. The van der Waals surface area contributed by atoms with Gasteiger partial charge in [-0.05, 0) is 12.1 Å². The van der Waals surface area contributed by atoms with Crippen LogP contribution in [-0.4, -0.2) is 44.1 Å². The Balaban J connectivity index is 2.20. The maximum Gasteiger partial charge on any atom is 0.328 e. The van der Waals surface area contributed by atoms with Crippen molar-refractivity contribution in [1.82, 2.24) is 20.1 Å². The molecular weight excluding hydrogens is 272 g/mol. The lowest BCUT2D eigenvalue weighted by Crippen LogP contribution is -2.26. The summed E-state index contributed by atoms with van der Waals surface area (Å²) < 4.78 is 0. The minimum absolute atomic E-state index is 0.219. The summed E-state index contributed by atoms with van der Waals surface area (Å²) in [6, 6.07) is 1.57. The van der Waals surface area contributed by atoms with Crippen LogP contribution in [0.1, 0.15) is 21.5 Å². The van der Waals surface area contributed by atoms with E-state index < -0.39 is 5.97 Å². The summed E-state index contributed by atoms with van der Waals surface area (Å²) in [6.45, 7) is 0.403. The Morgan fingerprint density at radius 3 is 2.90 bits per heavy atom. The van der Waals surface area contributed by atoms with E-state index in [1.165, 1.54) is 23.4 Å². The van der Waals surface area contributed by atoms with Crippen molar-refractivity contribution in [2.24, 2.45) is 0 Å². The highest BCUT2D eigenvalue weighted by Gasteiger charge is 2.15. The van der Waals surface area contributed by atoms with E-state index >= 15 is 0 Å². The Kier molecular flexibility index (Phi) is 4.45. The summed E-state index contributed by atoms with van der Waals surface area (Å²) in [5.41, 5.74) is 1.74. The van der Waals surface area contributed by atoms with Gasteiger partial charge in [-0.2, -0.15) is 5.10 Å². The summed E-state index contributed by atoms with van der Waals surface area (Å²) in [6.07, 6.45) is 8.64. The zero-order chi connectivity index (χ0) is 15.2.